The molecule has 1 fully saturated rings. The number of aromatic nitrogens is 1. The number of fused-ring (bicyclic) bond motifs is 1. The molecule has 0 amide bonds. The van der Waals surface area contributed by atoms with Gasteiger partial charge in [-0.2, -0.15) is 0 Å². The van der Waals surface area contributed by atoms with Gasteiger partial charge in [-0.25, -0.2) is 4.79 Å². The molecule has 168 valence electrons. The lowest BCUT2D eigenvalue weighted by molar-refractivity contribution is -0.118. The second kappa shape index (κ2) is 10.4. The predicted molar refractivity (Wildman–Crippen MR) is 115 cm³/mol. The summed E-state index contributed by atoms with van der Waals surface area (Å²) in [4.78, 5) is 35.1. The highest BCUT2D eigenvalue weighted by Gasteiger charge is 2.27. The summed E-state index contributed by atoms with van der Waals surface area (Å²) in [5.41, 5.74) is 0.518. The predicted octanol–water partition coefficient (Wildman–Crippen LogP) is 2.47. The maximum Gasteiger partial charge on any atom is 0.341 e. The summed E-state index contributed by atoms with van der Waals surface area (Å²) in [5.74, 6) is -0.573. The zero-order valence-electron chi connectivity index (χ0n) is 17.8. The molecule has 31 heavy (non-hydrogen) atoms. The molecule has 3 rings (SSSR count). The molecule has 0 radical (unpaired) electrons. The smallest absolute Gasteiger partial charge is 0.341 e. The van der Waals surface area contributed by atoms with E-state index in [1.807, 2.05) is 4.57 Å². The molecule has 1 saturated carbocycles. The summed E-state index contributed by atoms with van der Waals surface area (Å²) in [6.45, 7) is 3.59. The van der Waals surface area contributed by atoms with E-state index in [4.69, 9.17) is 14.2 Å². The molecule has 9 heteroatoms. The maximum atomic E-state index is 12.7. The molecule has 2 aromatic rings. The normalized spacial score (nSPS) is 13.4. The average Bonchev–Trinajstić information content (AvgIpc) is 3.57. The van der Waals surface area contributed by atoms with Crippen LogP contribution in [0.4, 0.5) is 5.69 Å². The Labute approximate surface area is 179 Å². The first-order valence-electron chi connectivity index (χ1n) is 10.3. The molecular weight excluding hydrogens is 404 g/mol. The molecule has 1 aliphatic carbocycles. The van der Waals surface area contributed by atoms with Crippen LogP contribution in [0.5, 0.6) is 5.75 Å². The number of methoxy groups -OCH3 is 1. The largest absolute Gasteiger partial charge is 0.495 e. The number of carboxylic acids is 1. The summed E-state index contributed by atoms with van der Waals surface area (Å²) >= 11 is 0. The van der Waals surface area contributed by atoms with Crippen molar-refractivity contribution in [1.29, 1.82) is 0 Å². The van der Waals surface area contributed by atoms with E-state index >= 15 is 0 Å². The van der Waals surface area contributed by atoms with Crippen molar-refractivity contribution in [3.05, 3.63) is 34.1 Å². The number of anilines is 1. The SMILES string of the molecule is COc1cc2c(cc1NCCOCCOCCC(C)=O)c(=O)c(C(=O)O)cn2C1CC1. The van der Waals surface area contributed by atoms with Gasteiger partial charge >= 0.3 is 5.97 Å². The fourth-order valence-corrected chi connectivity index (χ4v) is 3.29. The number of Topliss-reactive ketones (excluding diaryl/α,β-unsaturated/α-hetero) is 1. The first kappa shape index (κ1) is 22.8. The molecular formula is C22H28N2O7. The van der Waals surface area contributed by atoms with Gasteiger partial charge in [0.15, 0.2) is 0 Å². The summed E-state index contributed by atoms with van der Waals surface area (Å²) in [5, 5.41) is 13.0. The van der Waals surface area contributed by atoms with Crippen LogP contribution in [0.25, 0.3) is 10.9 Å². The number of ether oxygens (including phenoxy) is 3. The van der Waals surface area contributed by atoms with E-state index in [1.165, 1.54) is 13.1 Å². The van der Waals surface area contributed by atoms with Gasteiger partial charge in [0.1, 0.15) is 17.1 Å². The molecule has 0 spiro atoms. The number of hydrogen-bond acceptors (Lipinski definition) is 7. The first-order valence-corrected chi connectivity index (χ1v) is 10.3. The zero-order valence-corrected chi connectivity index (χ0v) is 17.8. The summed E-state index contributed by atoms with van der Waals surface area (Å²) in [6, 6.07) is 3.62. The monoisotopic (exact) mass is 432 g/mol. The number of carboxylic acid groups (broad SMARTS) is 1. The van der Waals surface area contributed by atoms with Gasteiger partial charge in [0.2, 0.25) is 5.43 Å². The van der Waals surface area contributed by atoms with Gasteiger partial charge in [-0.05, 0) is 25.8 Å². The van der Waals surface area contributed by atoms with Crippen LogP contribution in [0.3, 0.4) is 0 Å². The maximum absolute atomic E-state index is 12.7. The Balaban J connectivity index is 1.67. The fraction of sp³-hybridized carbons (Fsp3) is 0.500. The van der Waals surface area contributed by atoms with Crippen molar-refractivity contribution < 1.29 is 28.9 Å². The standard InChI is InChI=1S/C22H28N2O7/c1-14(25)5-7-30-9-10-31-8-6-23-18-11-16-19(12-20(18)29-2)24(15-3-4-15)13-17(21(16)26)22(27)28/h11-13,15,23H,3-10H2,1-2H3,(H,27,28). The van der Waals surface area contributed by atoms with E-state index in [9.17, 15) is 19.5 Å². The second-order valence-corrected chi connectivity index (χ2v) is 7.49. The molecule has 1 aromatic carbocycles. The Morgan fingerprint density at radius 3 is 2.48 bits per heavy atom. The first-order chi connectivity index (χ1) is 14.9. The van der Waals surface area contributed by atoms with Gasteiger partial charge in [0, 0.05) is 36.7 Å². The van der Waals surface area contributed by atoms with Gasteiger partial charge in [0.05, 0.1) is 44.7 Å². The zero-order chi connectivity index (χ0) is 22.4. The number of rotatable bonds is 13. The molecule has 0 aliphatic heterocycles. The van der Waals surface area contributed by atoms with E-state index in [1.54, 1.807) is 19.2 Å². The van der Waals surface area contributed by atoms with Gasteiger partial charge < -0.3 is 29.2 Å². The Bertz CT molecular complexity index is 1010. The third kappa shape index (κ3) is 5.83. The molecule has 0 bridgehead atoms. The summed E-state index contributed by atoms with van der Waals surface area (Å²) in [7, 11) is 1.55. The van der Waals surface area contributed by atoms with Crippen molar-refractivity contribution in [3.63, 3.8) is 0 Å². The minimum Gasteiger partial charge on any atom is -0.495 e. The van der Waals surface area contributed by atoms with E-state index < -0.39 is 11.4 Å². The van der Waals surface area contributed by atoms with Crippen molar-refractivity contribution in [1.82, 2.24) is 4.57 Å². The van der Waals surface area contributed by atoms with Gasteiger partial charge in [-0.1, -0.05) is 0 Å². The lowest BCUT2D eigenvalue weighted by Gasteiger charge is -2.16. The van der Waals surface area contributed by atoms with Crippen LogP contribution < -0.4 is 15.5 Å². The summed E-state index contributed by atoms with van der Waals surface area (Å²) in [6.07, 6.45) is 3.74. The van der Waals surface area contributed by atoms with Crippen molar-refractivity contribution in [2.24, 2.45) is 0 Å². The van der Waals surface area contributed by atoms with E-state index in [0.717, 1.165) is 12.8 Å². The lowest BCUT2D eigenvalue weighted by Crippen LogP contribution is -2.19. The average molecular weight is 432 g/mol. The molecule has 1 aromatic heterocycles. The van der Waals surface area contributed by atoms with Crippen LogP contribution in [-0.2, 0) is 14.3 Å². The van der Waals surface area contributed by atoms with Crippen molar-refractivity contribution in [2.75, 3.05) is 45.4 Å². The third-order valence-corrected chi connectivity index (χ3v) is 5.06. The number of aromatic carboxylic acids is 1. The van der Waals surface area contributed by atoms with Gasteiger partial charge in [0.25, 0.3) is 0 Å². The van der Waals surface area contributed by atoms with Crippen LogP contribution >= 0.6 is 0 Å². The number of nitrogens with zero attached hydrogens (tertiary/aromatic N) is 1. The van der Waals surface area contributed by atoms with Gasteiger partial charge in [-0.15, -0.1) is 0 Å². The number of carbonyl (C=O) groups is 2. The Morgan fingerprint density at radius 1 is 1.16 bits per heavy atom. The lowest BCUT2D eigenvalue weighted by atomic mass is 10.1. The highest BCUT2D eigenvalue weighted by molar-refractivity contribution is 5.94. The molecule has 1 aliphatic rings. The van der Waals surface area contributed by atoms with Crippen LogP contribution in [-0.4, -0.2) is 61.5 Å². The number of nitrogens with one attached hydrogen (secondary N) is 1. The molecule has 9 nitrogen and oxygen atoms in total. The van der Waals surface area contributed by atoms with Crippen LogP contribution in [0.2, 0.25) is 0 Å². The Morgan fingerprint density at radius 2 is 1.87 bits per heavy atom. The molecule has 1 heterocycles. The summed E-state index contributed by atoms with van der Waals surface area (Å²) < 4.78 is 18.1. The topological polar surface area (TPSA) is 116 Å². The minimum absolute atomic E-state index is 0.0915. The highest BCUT2D eigenvalue weighted by Crippen LogP contribution is 2.39. The van der Waals surface area contributed by atoms with Gasteiger partial charge in [-0.3, -0.25) is 9.59 Å². The molecule has 0 unspecified atom stereocenters. The van der Waals surface area contributed by atoms with E-state index in [2.05, 4.69) is 5.32 Å². The number of hydrogen-bond donors (Lipinski definition) is 2. The Hall–Kier alpha value is -2.91. The fourth-order valence-electron chi connectivity index (χ4n) is 3.29. The van der Waals surface area contributed by atoms with Crippen LogP contribution in [0.15, 0.2) is 23.1 Å². The molecule has 2 N–H and O–H groups in total. The minimum atomic E-state index is -1.23. The molecule has 0 saturated heterocycles. The van der Waals surface area contributed by atoms with Crippen LogP contribution in [0, 0.1) is 0 Å². The highest BCUT2D eigenvalue weighted by atomic mass is 16.5. The van der Waals surface area contributed by atoms with E-state index in [-0.39, 0.29) is 17.4 Å². The van der Waals surface area contributed by atoms with Crippen molar-refractivity contribution in [3.8, 4) is 5.75 Å². The number of ketones is 1. The third-order valence-electron chi connectivity index (χ3n) is 5.06. The number of carbonyl (C=O) groups excluding carboxylic acids is 1. The Kier molecular flexibility index (Phi) is 7.64. The second-order valence-electron chi connectivity index (χ2n) is 7.49. The quantitative estimate of drug-likeness (QED) is 0.464. The number of benzene rings is 1. The van der Waals surface area contributed by atoms with E-state index in [0.29, 0.717) is 61.7 Å². The van der Waals surface area contributed by atoms with Crippen LogP contribution in [0.1, 0.15) is 42.6 Å². The molecule has 0 atom stereocenters. The van der Waals surface area contributed by atoms with Crippen molar-refractivity contribution in [2.45, 2.75) is 32.2 Å². The van der Waals surface area contributed by atoms with Crippen molar-refractivity contribution >= 4 is 28.3 Å². The number of pyridine rings is 1.